The molecule has 0 saturated heterocycles. The summed E-state index contributed by atoms with van der Waals surface area (Å²) in [7, 11) is 0. The Hall–Kier alpha value is -3.75. The molecule has 0 saturated carbocycles. The molecule has 0 amide bonds. The molecule has 156 valence electrons. The predicted molar refractivity (Wildman–Crippen MR) is 130 cm³/mol. The molecule has 0 aliphatic carbocycles. The second-order valence-electron chi connectivity index (χ2n) is 7.89. The molecule has 1 atom stereocenters. The first-order chi connectivity index (χ1) is 15.5. The quantitative estimate of drug-likeness (QED) is 0.286. The monoisotopic (exact) mass is 436 g/mol. The number of hydrogen-bond donors (Lipinski definition) is 1. The summed E-state index contributed by atoms with van der Waals surface area (Å²) in [5.41, 5.74) is 5.66. The van der Waals surface area contributed by atoms with Gasteiger partial charge in [-0.25, -0.2) is 4.79 Å². The number of aliphatic carboxylic acids is 1. The Morgan fingerprint density at radius 2 is 1.84 bits per heavy atom. The number of hydrogen-bond acceptors (Lipinski definition) is 3. The first kappa shape index (κ1) is 20.2. The van der Waals surface area contributed by atoms with Crippen LogP contribution in [0.1, 0.15) is 22.8 Å². The summed E-state index contributed by atoms with van der Waals surface area (Å²) >= 11 is 1.61. The second-order valence-corrected chi connectivity index (χ2v) is 9.16. The lowest BCUT2D eigenvalue weighted by atomic mass is 10.0. The zero-order chi connectivity index (χ0) is 22.2. The van der Waals surface area contributed by atoms with Crippen LogP contribution in [0.4, 0.5) is 0 Å². The molecule has 1 aliphatic rings. The summed E-state index contributed by atoms with van der Waals surface area (Å²) in [6, 6.07) is 25.4. The maximum atomic E-state index is 11.1. The minimum atomic E-state index is -1.19. The highest BCUT2D eigenvalue weighted by Crippen LogP contribution is 2.46. The van der Waals surface area contributed by atoms with Crippen molar-refractivity contribution in [1.29, 1.82) is 5.26 Å². The summed E-state index contributed by atoms with van der Waals surface area (Å²) < 4.78 is 2.30. The van der Waals surface area contributed by atoms with Gasteiger partial charge in [0.25, 0.3) is 0 Å². The maximum Gasteiger partial charge on any atom is 0.346 e. The van der Waals surface area contributed by atoms with Crippen LogP contribution >= 0.6 is 11.8 Å². The number of nitriles is 1. The van der Waals surface area contributed by atoms with Crippen molar-refractivity contribution >= 4 is 39.5 Å². The number of nitrogens with zero attached hydrogens (tertiary/aromatic N) is 2. The largest absolute Gasteiger partial charge is 0.477 e. The fraction of sp³-hybridized carbons (Fsp3) is 0.111. The van der Waals surface area contributed by atoms with Gasteiger partial charge in [-0.1, -0.05) is 48.0 Å². The average molecular weight is 437 g/mol. The number of para-hydroxylation sites is 1. The van der Waals surface area contributed by atoms with Crippen molar-refractivity contribution in [3.63, 3.8) is 0 Å². The first-order valence-electron chi connectivity index (χ1n) is 10.4. The number of aryl methyl sites for hydroxylation is 1. The van der Waals surface area contributed by atoms with Gasteiger partial charge >= 0.3 is 5.97 Å². The van der Waals surface area contributed by atoms with Crippen LogP contribution in [-0.4, -0.2) is 15.6 Å². The number of thioether (sulfide) groups is 1. The van der Waals surface area contributed by atoms with Crippen molar-refractivity contribution in [2.75, 3.05) is 0 Å². The van der Waals surface area contributed by atoms with Crippen molar-refractivity contribution in [2.45, 2.75) is 18.6 Å². The molecule has 4 aromatic rings. The van der Waals surface area contributed by atoms with E-state index in [0.29, 0.717) is 0 Å². The SMILES string of the molecule is Cc1ccc(-n2c3ccccc3c3cc(C4CC=C(/C=C(\C#N)C(=O)O)S4)ccc32)cc1. The smallest absolute Gasteiger partial charge is 0.346 e. The minimum absolute atomic E-state index is 0.195. The highest BCUT2D eigenvalue weighted by atomic mass is 32.2. The summed E-state index contributed by atoms with van der Waals surface area (Å²) in [5.74, 6) is -1.19. The van der Waals surface area contributed by atoms with Crippen molar-refractivity contribution < 1.29 is 9.90 Å². The number of allylic oxidation sites excluding steroid dienone is 2. The summed E-state index contributed by atoms with van der Waals surface area (Å²) in [6.07, 6.45) is 4.28. The van der Waals surface area contributed by atoms with Gasteiger partial charge < -0.3 is 9.67 Å². The number of carboxylic acid groups (broad SMARTS) is 1. The van der Waals surface area contributed by atoms with Crippen LogP contribution < -0.4 is 0 Å². The molecule has 5 rings (SSSR count). The van der Waals surface area contributed by atoms with Gasteiger partial charge in [-0.15, -0.1) is 11.8 Å². The molecule has 4 nitrogen and oxygen atoms in total. The Bertz CT molecular complexity index is 1470. The number of benzene rings is 3. The third kappa shape index (κ3) is 3.49. The van der Waals surface area contributed by atoms with Gasteiger partial charge in [0.05, 0.1) is 11.0 Å². The Kier molecular flexibility index (Phi) is 5.08. The molecular weight excluding hydrogens is 416 g/mol. The predicted octanol–water partition coefficient (Wildman–Crippen LogP) is 6.69. The lowest BCUT2D eigenvalue weighted by molar-refractivity contribution is -0.132. The molecule has 2 heterocycles. The Balaban J connectivity index is 1.56. The standard InChI is InChI=1S/C27H20N2O2S/c1-17-6-9-20(10-7-17)29-24-5-3-2-4-22(24)23-15-18(8-12-25(23)29)26-13-11-21(32-26)14-19(16-28)27(30)31/h2-12,14-15,26H,13H2,1H3,(H,30,31)/b19-14+. The van der Waals surface area contributed by atoms with E-state index in [1.54, 1.807) is 17.8 Å². The van der Waals surface area contributed by atoms with E-state index in [1.165, 1.54) is 33.5 Å². The lowest BCUT2D eigenvalue weighted by Crippen LogP contribution is -1.97. The van der Waals surface area contributed by atoms with Crippen molar-refractivity contribution in [3.05, 3.63) is 100 Å². The van der Waals surface area contributed by atoms with Gasteiger partial charge in [-0.3, -0.25) is 0 Å². The minimum Gasteiger partial charge on any atom is -0.477 e. The van der Waals surface area contributed by atoms with Gasteiger partial charge in [0.15, 0.2) is 0 Å². The highest BCUT2D eigenvalue weighted by Gasteiger charge is 2.22. The highest BCUT2D eigenvalue weighted by molar-refractivity contribution is 8.03. The fourth-order valence-electron chi connectivity index (χ4n) is 4.23. The van der Waals surface area contributed by atoms with Crippen LogP contribution in [0.15, 0.2) is 89.4 Å². The van der Waals surface area contributed by atoms with E-state index < -0.39 is 5.97 Å². The third-order valence-corrected chi connectivity index (χ3v) is 7.12. The Labute approximate surface area is 190 Å². The van der Waals surface area contributed by atoms with Crippen LogP contribution in [0.2, 0.25) is 0 Å². The van der Waals surface area contributed by atoms with E-state index in [0.717, 1.165) is 22.5 Å². The molecule has 0 fully saturated rings. The summed E-state index contributed by atoms with van der Waals surface area (Å²) in [5, 5.41) is 20.8. The molecule has 1 N–H and O–H groups in total. The Morgan fingerprint density at radius 1 is 1.09 bits per heavy atom. The average Bonchev–Trinajstić information content (AvgIpc) is 3.40. The normalized spacial score (nSPS) is 16.3. The number of carbonyl (C=O) groups is 1. The number of rotatable bonds is 4. The van der Waals surface area contributed by atoms with Crippen LogP contribution in [-0.2, 0) is 4.79 Å². The van der Waals surface area contributed by atoms with Crippen LogP contribution in [0.25, 0.3) is 27.5 Å². The van der Waals surface area contributed by atoms with Gasteiger partial charge in [-0.05, 0) is 55.3 Å². The molecule has 0 spiro atoms. The van der Waals surface area contributed by atoms with Gasteiger partial charge in [0.2, 0.25) is 0 Å². The molecular formula is C27H20N2O2S. The first-order valence-corrected chi connectivity index (χ1v) is 11.2. The summed E-state index contributed by atoms with van der Waals surface area (Å²) in [4.78, 5) is 12.0. The van der Waals surface area contributed by atoms with Gasteiger partial charge in [0.1, 0.15) is 11.6 Å². The summed E-state index contributed by atoms with van der Waals surface area (Å²) in [6.45, 7) is 2.09. The molecule has 32 heavy (non-hydrogen) atoms. The van der Waals surface area contributed by atoms with Gasteiger partial charge in [0, 0.05) is 26.6 Å². The van der Waals surface area contributed by atoms with E-state index in [1.807, 2.05) is 6.08 Å². The van der Waals surface area contributed by atoms with Crippen LogP contribution in [0.3, 0.4) is 0 Å². The van der Waals surface area contributed by atoms with Crippen molar-refractivity contribution in [3.8, 4) is 11.8 Å². The molecule has 0 bridgehead atoms. The maximum absolute atomic E-state index is 11.1. The van der Waals surface area contributed by atoms with Crippen molar-refractivity contribution in [1.82, 2.24) is 4.57 Å². The number of carboxylic acids is 1. The zero-order valence-electron chi connectivity index (χ0n) is 17.4. The fourth-order valence-corrected chi connectivity index (χ4v) is 5.41. The van der Waals surface area contributed by atoms with Gasteiger partial charge in [-0.2, -0.15) is 5.26 Å². The molecule has 1 aliphatic heterocycles. The number of aromatic nitrogens is 1. The lowest BCUT2D eigenvalue weighted by Gasteiger charge is -2.11. The Morgan fingerprint density at radius 3 is 2.59 bits per heavy atom. The molecule has 3 aromatic carbocycles. The van der Waals surface area contributed by atoms with E-state index in [2.05, 4.69) is 78.2 Å². The molecule has 1 unspecified atom stereocenters. The molecule has 1 aromatic heterocycles. The van der Waals surface area contributed by atoms with Crippen LogP contribution in [0.5, 0.6) is 0 Å². The molecule has 0 radical (unpaired) electrons. The van der Waals surface area contributed by atoms with Crippen molar-refractivity contribution in [2.24, 2.45) is 0 Å². The second kappa shape index (κ2) is 8.07. The van der Waals surface area contributed by atoms with E-state index in [-0.39, 0.29) is 10.8 Å². The topological polar surface area (TPSA) is 66.0 Å². The molecule has 5 heteroatoms. The van der Waals surface area contributed by atoms with Crippen LogP contribution in [0, 0.1) is 18.3 Å². The number of fused-ring (bicyclic) bond motifs is 3. The van der Waals surface area contributed by atoms with E-state index in [9.17, 15) is 4.79 Å². The third-order valence-electron chi connectivity index (χ3n) is 5.81. The van der Waals surface area contributed by atoms with E-state index >= 15 is 0 Å². The zero-order valence-corrected chi connectivity index (χ0v) is 18.3. The van der Waals surface area contributed by atoms with E-state index in [4.69, 9.17) is 10.4 Å².